The molecule has 0 aliphatic carbocycles. The van der Waals surface area contributed by atoms with Gasteiger partial charge in [-0.05, 0) is 25.0 Å². The molecule has 1 aromatic heterocycles. The van der Waals surface area contributed by atoms with Crippen molar-refractivity contribution in [1.82, 2.24) is 19.7 Å². The molecule has 1 amide bonds. The second kappa shape index (κ2) is 7.13. The van der Waals surface area contributed by atoms with Gasteiger partial charge in [0.25, 0.3) is 0 Å². The first kappa shape index (κ1) is 16.6. The zero-order valence-corrected chi connectivity index (χ0v) is 14.5. The van der Waals surface area contributed by atoms with Crippen LogP contribution in [-0.4, -0.2) is 45.3 Å². The number of methoxy groups -OCH3 is 1. The Labute approximate surface area is 142 Å². The zero-order valence-electron chi connectivity index (χ0n) is 14.5. The third kappa shape index (κ3) is 3.33. The van der Waals surface area contributed by atoms with E-state index in [0.717, 1.165) is 29.2 Å². The first-order valence-corrected chi connectivity index (χ1v) is 8.34. The molecule has 1 aromatic carbocycles. The summed E-state index contributed by atoms with van der Waals surface area (Å²) < 4.78 is 7.27. The average Bonchev–Trinajstić information content (AvgIpc) is 2.83. The standard InChI is InChI=1S/C18H24N4O2/c1-13-6-4-5-7-15(13)11-18(23)21-8-9-22-16(10-14(21)2)19-20-17(22)12-24-3/h4-7,14H,8-12H2,1-3H3/t14-/m0/s1. The highest BCUT2D eigenvalue weighted by Gasteiger charge is 2.27. The van der Waals surface area contributed by atoms with Crippen LogP contribution in [0.1, 0.15) is 29.7 Å². The van der Waals surface area contributed by atoms with E-state index in [4.69, 9.17) is 4.74 Å². The number of carbonyl (C=O) groups excluding carboxylic acids is 1. The van der Waals surface area contributed by atoms with Crippen molar-refractivity contribution in [2.45, 2.75) is 45.9 Å². The van der Waals surface area contributed by atoms with E-state index in [9.17, 15) is 4.79 Å². The highest BCUT2D eigenvalue weighted by Crippen LogP contribution is 2.17. The molecular weight excluding hydrogens is 304 g/mol. The lowest BCUT2D eigenvalue weighted by Crippen LogP contribution is -2.41. The van der Waals surface area contributed by atoms with Gasteiger partial charge in [0.05, 0.1) is 6.42 Å². The number of aryl methyl sites for hydroxylation is 1. The van der Waals surface area contributed by atoms with Crippen molar-refractivity contribution in [3.8, 4) is 0 Å². The average molecular weight is 328 g/mol. The van der Waals surface area contributed by atoms with Crippen LogP contribution in [0.5, 0.6) is 0 Å². The lowest BCUT2D eigenvalue weighted by atomic mass is 10.0. The third-order valence-corrected chi connectivity index (χ3v) is 4.68. The molecule has 0 unspecified atom stereocenters. The molecule has 0 saturated carbocycles. The van der Waals surface area contributed by atoms with Crippen molar-refractivity contribution in [2.24, 2.45) is 0 Å². The summed E-state index contributed by atoms with van der Waals surface area (Å²) in [5.74, 6) is 1.93. The minimum absolute atomic E-state index is 0.113. The van der Waals surface area contributed by atoms with Crippen molar-refractivity contribution in [3.63, 3.8) is 0 Å². The Morgan fingerprint density at radius 3 is 2.83 bits per heavy atom. The summed E-state index contributed by atoms with van der Waals surface area (Å²) in [4.78, 5) is 14.8. The molecule has 0 N–H and O–H groups in total. The number of carbonyl (C=O) groups is 1. The smallest absolute Gasteiger partial charge is 0.227 e. The minimum Gasteiger partial charge on any atom is -0.377 e. The van der Waals surface area contributed by atoms with Crippen LogP contribution in [0, 0.1) is 6.92 Å². The Bertz CT molecular complexity index is 726. The number of hydrogen-bond acceptors (Lipinski definition) is 4. The summed E-state index contributed by atoms with van der Waals surface area (Å²) in [5.41, 5.74) is 2.26. The van der Waals surface area contributed by atoms with E-state index in [1.807, 2.05) is 36.1 Å². The molecule has 3 rings (SSSR count). The molecule has 2 heterocycles. The number of amides is 1. The number of hydrogen-bond donors (Lipinski definition) is 0. The van der Waals surface area contributed by atoms with E-state index >= 15 is 0 Å². The molecule has 1 aliphatic heterocycles. The Morgan fingerprint density at radius 1 is 1.29 bits per heavy atom. The lowest BCUT2D eigenvalue weighted by molar-refractivity contribution is -0.132. The predicted octanol–water partition coefficient (Wildman–Crippen LogP) is 1.75. The fourth-order valence-corrected chi connectivity index (χ4v) is 3.26. The monoisotopic (exact) mass is 328 g/mol. The molecule has 1 atom stereocenters. The van der Waals surface area contributed by atoms with Crippen LogP contribution < -0.4 is 0 Å². The zero-order chi connectivity index (χ0) is 17.1. The van der Waals surface area contributed by atoms with E-state index in [2.05, 4.69) is 21.7 Å². The van der Waals surface area contributed by atoms with Gasteiger partial charge >= 0.3 is 0 Å². The number of ether oxygens (including phenoxy) is 1. The Morgan fingerprint density at radius 2 is 2.08 bits per heavy atom. The number of rotatable bonds is 4. The number of benzene rings is 1. The van der Waals surface area contributed by atoms with E-state index < -0.39 is 0 Å². The van der Waals surface area contributed by atoms with Crippen molar-refractivity contribution in [3.05, 3.63) is 47.0 Å². The first-order chi connectivity index (χ1) is 11.6. The van der Waals surface area contributed by atoms with Crippen molar-refractivity contribution >= 4 is 5.91 Å². The molecule has 0 bridgehead atoms. The number of aromatic nitrogens is 3. The first-order valence-electron chi connectivity index (χ1n) is 8.34. The fraction of sp³-hybridized carbons (Fsp3) is 0.500. The van der Waals surface area contributed by atoms with Crippen LogP contribution in [0.15, 0.2) is 24.3 Å². The molecule has 0 fully saturated rings. The molecule has 6 heteroatoms. The Kier molecular flexibility index (Phi) is 4.94. The minimum atomic E-state index is 0.113. The maximum atomic E-state index is 12.8. The molecule has 0 saturated heterocycles. The van der Waals surface area contributed by atoms with Gasteiger partial charge in [-0.2, -0.15) is 0 Å². The summed E-state index contributed by atoms with van der Waals surface area (Å²) in [6.45, 7) is 5.96. The van der Waals surface area contributed by atoms with Crippen LogP contribution in [0.4, 0.5) is 0 Å². The SMILES string of the molecule is COCc1nnc2n1CCN(C(=O)Cc1ccccc1C)[C@@H](C)C2. The second-order valence-corrected chi connectivity index (χ2v) is 6.36. The van der Waals surface area contributed by atoms with E-state index in [-0.39, 0.29) is 11.9 Å². The number of fused-ring (bicyclic) bond motifs is 1. The normalized spacial score (nSPS) is 17.5. The lowest BCUT2D eigenvalue weighted by Gasteiger charge is -2.27. The van der Waals surface area contributed by atoms with Crippen LogP contribution in [0.25, 0.3) is 0 Å². The van der Waals surface area contributed by atoms with Crippen LogP contribution in [-0.2, 0) is 35.5 Å². The highest BCUT2D eigenvalue weighted by atomic mass is 16.5. The molecule has 128 valence electrons. The van der Waals surface area contributed by atoms with Gasteiger partial charge < -0.3 is 14.2 Å². The van der Waals surface area contributed by atoms with Gasteiger partial charge in [-0.1, -0.05) is 24.3 Å². The Hall–Kier alpha value is -2.21. The molecule has 6 nitrogen and oxygen atoms in total. The molecule has 24 heavy (non-hydrogen) atoms. The summed E-state index contributed by atoms with van der Waals surface area (Å²) in [7, 11) is 1.65. The predicted molar refractivity (Wildman–Crippen MR) is 90.5 cm³/mol. The molecule has 2 aromatic rings. The maximum absolute atomic E-state index is 12.8. The molecule has 1 aliphatic rings. The molecular formula is C18H24N4O2. The van der Waals surface area contributed by atoms with E-state index in [1.165, 1.54) is 0 Å². The van der Waals surface area contributed by atoms with Gasteiger partial charge in [0.1, 0.15) is 12.4 Å². The molecule has 0 radical (unpaired) electrons. The largest absolute Gasteiger partial charge is 0.377 e. The summed E-state index contributed by atoms with van der Waals surface area (Å²) >= 11 is 0. The quantitative estimate of drug-likeness (QED) is 0.858. The highest BCUT2D eigenvalue weighted by molar-refractivity contribution is 5.79. The van der Waals surface area contributed by atoms with Crippen molar-refractivity contribution in [1.29, 1.82) is 0 Å². The fourth-order valence-electron chi connectivity index (χ4n) is 3.26. The maximum Gasteiger partial charge on any atom is 0.227 e. The van der Waals surface area contributed by atoms with Crippen LogP contribution >= 0.6 is 0 Å². The van der Waals surface area contributed by atoms with E-state index in [1.54, 1.807) is 7.11 Å². The van der Waals surface area contributed by atoms with Crippen molar-refractivity contribution in [2.75, 3.05) is 13.7 Å². The number of nitrogens with zero attached hydrogens (tertiary/aromatic N) is 4. The summed E-state index contributed by atoms with van der Waals surface area (Å²) in [6, 6.07) is 8.18. The van der Waals surface area contributed by atoms with E-state index in [0.29, 0.717) is 26.1 Å². The van der Waals surface area contributed by atoms with Gasteiger partial charge in [0.2, 0.25) is 5.91 Å². The van der Waals surface area contributed by atoms with Gasteiger partial charge in [-0.25, -0.2) is 0 Å². The van der Waals surface area contributed by atoms with Gasteiger partial charge in [0.15, 0.2) is 5.82 Å². The third-order valence-electron chi connectivity index (χ3n) is 4.68. The van der Waals surface area contributed by atoms with Crippen molar-refractivity contribution < 1.29 is 9.53 Å². The van der Waals surface area contributed by atoms with Gasteiger partial charge in [0, 0.05) is 32.7 Å². The second-order valence-electron chi connectivity index (χ2n) is 6.36. The van der Waals surface area contributed by atoms with Gasteiger partial charge in [-0.3, -0.25) is 4.79 Å². The topological polar surface area (TPSA) is 60.3 Å². The van der Waals surface area contributed by atoms with Crippen LogP contribution in [0.2, 0.25) is 0 Å². The van der Waals surface area contributed by atoms with Crippen LogP contribution in [0.3, 0.4) is 0 Å². The Balaban J connectivity index is 1.74. The summed E-state index contributed by atoms with van der Waals surface area (Å²) in [5, 5.41) is 8.47. The summed E-state index contributed by atoms with van der Waals surface area (Å²) in [6.07, 6.45) is 1.17. The molecule has 0 spiro atoms. The van der Waals surface area contributed by atoms with Gasteiger partial charge in [-0.15, -0.1) is 10.2 Å².